The van der Waals surface area contributed by atoms with Gasteiger partial charge >= 0.3 is 0 Å². The Morgan fingerprint density at radius 3 is 2.81 bits per heavy atom. The summed E-state index contributed by atoms with van der Waals surface area (Å²) in [7, 11) is 0. The Kier molecular flexibility index (Phi) is 5.51. The molecule has 0 spiro atoms. The summed E-state index contributed by atoms with van der Waals surface area (Å²) in [6.45, 7) is 3.59. The van der Waals surface area contributed by atoms with Gasteiger partial charge in [0.15, 0.2) is 0 Å². The van der Waals surface area contributed by atoms with Crippen LogP contribution in [0.2, 0.25) is 5.02 Å². The minimum Gasteiger partial charge on any atom is -0.368 e. The van der Waals surface area contributed by atoms with Crippen molar-refractivity contribution in [3.8, 4) is 11.8 Å². The summed E-state index contributed by atoms with van der Waals surface area (Å²) in [5.41, 5.74) is 7.13. The zero-order valence-electron chi connectivity index (χ0n) is 17.2. The van der Waals surface area contributed by atoms with E-state index in [0.717, 1.165) is 0 Å². The van der Waals surface area contributed by atoms with E-state index in [0.29, 0.717) is 32.7 Å². The lowest BCUT2D eigenvalue weighted by Gasteiger charge is -2.23. The fourth-order valence-corrected chi connectivity index (χ4v) is 3.86. The lowest BCUT2D eigenvalue weighted by molar-refractivity contribution is 0.624. The first-order valence-electron chi connectivity index (χ1n) is 9.70. The van der Waals surface area contributed by atoms with Gasteiger partial charge in [0.25, 0.3) is 5.56 Å². The number of fused-ring (bicyclic) bond motifs is 1. The maximum Gasteiger partial charge on any atom is 0.264 e. The number of nitrogen functional groups attached to an aromatic ring is 1. The van der Waals surface area contributed by atoms with Gasteiger partial charge in [0.1, 0.15) is 23.3 Å². The first kappa shape index (κ1) is 21.3. The van der Waals surface area contributed by atoms with E-state index in [9.17, 15) is 14.4 Å². The average molecular weight is 449 g/mol. The number of nitrogens with zero attached hydrogens (tertiary/aromatic N) is 4. The van der Waals surface area contributed by atoms with E-state index in [1.807, 2.05) is 6.07 Å². The molecule has 7 nitrogen and oxygen atoms in total. The molecule has 3 N–H and O–H groups in total. The van der Waals surface area contributed by atoms with Crippen LogP contribution < -0.4 is 16.6 Å². The lowest BCUT2D eigenvalue weighted by atomic mass is 10.1. The zero-order chi connectivity index (χ0) is 23.0. The van der Waals surface area contributed by atoms with Crippen LogP contribution >= 0.6 is 11.6 Å². The average Bonchev–Trinajstić information content (AvgIpc) is 2.75. The van der Waals surface area contributed by atoms with Crippen molar-refractivity contribution in [2.45, 2.75) is 19.9 Å². The molecule has 1 atom stereocenters. The maximum absolute atomic E-state index is 14.2. The number of benzene rings is 2. The normalized spacial score (nSPS) is 11.8. The molecule has 0 amide bonds. The number of aromatic nitrogens is 3. The molecule has 0 aliphatic rings. The van der Waals surface area contributed by atoms with Gasteiger partial charge in [-0.15, -0.1) is 0 Å². The number of aryl methyl sites for hydroxylation is 1. The molecule has 2 aromatic carbocycles. The van der Waals surface area contributed by atoms with E-state index in [1.165, 1.54) is 22.9 Å². The second-order valence-corrected chi connectivity index (χ2v) is 7.72. The number of nitrogens with two attached hydrogens (primary N) is 1. The SMILES string of the molecule is Cc1ccc(F)cc1-n1c(C(C)Nc2nc(N)ncc2C#N)cc2cccc(Cl)c2c1=O. The van der Waals surface area contributed by atoms with Crippen molar-refractivity contribution in [2.24, 2.45) is 0 Å². The summed E-state index contributed by atoms with van der Waals surface area (Å²) in [5.74, 6) is -0.241. The number of hydrogen-bond acceptors (Lipinski definition) is 6. The van der Waals surface area contributed by atoms with Gasteiger partial charge in [-0.25, -0.2) is 9.37 Å². The van der Waals surface area contributed by atoms with Gasteiger partial charge in [-0.2, -0.15) is 10.2 Å². The van der Waals surface area contributed by atoms with E-state index < -0.39 is 11.9 Å². The number of anilines is 2. The third-order valence-electron chi connectivity index (χ3n) is 5.16. The van der Waals surface area contributed by atoms with Gasteiger partial charge in [-0.05, 0) is 49.1 Å². The van der Waals surface area contributed by atoms with Gasteiger partial charge in [-0.1, -0.05) is 29.8 Å². The molecule has 160 valence electrons. The summed E-state index contributed by atoms with van der Waals surface area (Å²) in [6, 6.07) is 12.7. The molecular weight excluding hydrogens is 431 g/mol. The number of halogens is 2. The first-order chi connectivity index (χ1) is 15.3. The number of nitriles is 1. The lowest BCUT2D eigenvalue weighted by Crippen LogP contribution is -2.26. The standard InChI is InChI=1S/C23H18ClFN6O/c1-12-6-7-16(25)9-18(12)31-19(8-14-4-3-5-17(24)20(14)22(31)32)13(2)29-21-15(10-26)11-28-23(27)30-21/h3-9,11,13H,1-2H3,(H3,27,28,29,30). The van der Waals surface area contributed by atoms with Crippen LogP contribution in [0.1, 0.15) is 29.8 Å². The summed E-state index contributed by atoms with van der Waals surface area (Å²) in [5, 5.41) is 13.8. The van der Waals surface area contributed by atoms with Gasteiger partial charge in [0, 0.05) is 5.69 Å². The van der Waals surface area contributed by atoms with E-state index in [4.69, 9.17) is 17.3 Å². The van der Waals surface area contributed by atoms with Gasteiger partial charge in [0.05, 0.1) is 28.3 Å². The monoisotopic (exact) mass is 448 g/mol. The minimum atomic E-state index is -0.518. The summed E-state index contributed by atoms with van der Waals surface area (Å²) in [4.78, 5) is 21.5. The molecule has 2 heterocycles. The number of hydrogen-bond donors (Lipinski definition) is 2. The van der Waals surface area contributed by atoms with Crippen LogP contribution in [0, 0.1) is 24.1 Å². The highest BCUT2D eigenvalue weighted by Gasteiger charge is 2.20. The summed E-state index contributed by atoms with van der Waals surface area (Å²) >= 11 is 6.34. The van der Waals surface area contributed by atoms with E-state index in [2.05, 4.69) is 15.3 Å². The molecule has 0 saturated carbocycles. The van der Waals surface area contributed by atoms with Crippen molar-refractivity contribution >= 4 is 34.1 Å². The van der Waals surface area contributed by atoms with Crippen LogP contribution in [-0.4, -0.2) is 14.5 Å². The molecule has 32 heavy (non-hydrogen) atoms. The van der Waals surface area contributed by atoms with E-state index in [-0.39, 0.29) is 22.9 Å². The van der Waals surface area contributed by atoms with Crippen molar-refractivity contribution in [1.29, 1.82) is 5.26 Å². The molecular formula is C23H18ClFN6O. The second kappa shape index (κ2) is 8.29. The summed E-state index contributed by atoms with van der Waals surface area (Å²) < 4.78 is 15.6. The fourth-order valence-electron chi connectivity index (χ4n) is 3.60. The second-order valence-electron chi connectivity index (χ2n) is 7.31. The predicted molar refractivity (Wildman–Crippen MR) is 122 cm³/mol. The van der Waals surface area contributed by atoms with Gasteiger partial charge < -0.3 is 11.1 Å². The van der Waals surface area contributed by atoms with Crippen molar-refractivity contribution in [2.75, 3.05) is 11.1 Å². The largest absolute Gasteiger partial charge is 0.368 e. The first-order valence-corrected chi connectivity index (χ1v) is 10.1. The van der Waals surface area contributed by atoms with Gasteiger partial charge in [0.2, 0.25) is 5.95 Å². The number of pyridine rings is 1. The summed E-state index contributed by atoms with van der Waals surface area (Å²) in [6.07, 6.45) is 1.32. The fraction of sp³-hybridized carbons (Fsp3) is 0.130. The van der Waals surface area contributed by atoms with Crippen LogP contribution in [0.25, 0.3) is 16.5 Å². The Labute approximate surface area is 187 Å². The van der Waals surface area contributed by atoms with Gasteiger partial charge in [-0.3, -0.25) is 9.36 Å². The molecule has 9 heteroatoms. The highest BCUT2D eigenvalue weighted by molar-refractivity contribution is 6.35. The van der Waals surface area contributed by atoms with Crippen LogP contribution in [0.5, 0.6) is 0 Å². The highest BCUT2D eigenvalue weighted by Crippen LogP contribution is 2.28. The molecule has 0 aliphatic carbocycles. The number of rotatable bonds is 4. The van der Waals surface area contributed by atoms with E-state index in [1.54, 1.807) is 44.2 Å². The Morgan fingerprint density at radius 2 is 2.06 bits per heavy atom. The smallest absolute Gasteiger partial charge is 0.264 e. The molecule has 0 bridgehead atoms. The minimum absolute atomic E-state index is 0.00218. The van der Waals surface area contributed by atoms with Crippen LogP contribution in [0.3, 0.4) is 0 Å². The number of nitrogens with one attached hydrogen (secondary N) is 1. The molecule has 4 rings (SSSR count). The van der Waals surface area contributed by atoms with Crippen LogP contribution in [0.15, 0.2) is 53.5 Å². The molecule has 0 aliphatic heterocycles. The van der Waals surface area contributed by atoms with Crippen LogP contribution in [0.4, 0.5) is 16.2 Å². The third-order valence-corrected chi connectivity index (χ3v) is 5.48. The topological polar surface area (TPSA) is 110 Å². The maximum atomic E-state index is 14.2. The Hall–Kier alpha value is -3.96. The molecule has 0 fully saturated rings. The van der Waals surface area contributed by atoms with Crippen molar-refractivity contribution < 1.29 is 4.39 Å². The van der Waals surface area contributed by atoms with E-state index >= 15 is 0 Å². The molecule has 1 unspecified atom stereocenters. The van der Waals surface area contributed by atoms with Crippen LogP contribution in [-0.2, 0) is 0 Å². The molecule has 0 radical (unpaired) electrons. The Morgan fingerprint density at radius 1 is 1.28 bits per heavy atom. The Bertz CT molecular complexity index is 1460. The molecule has 2 aromatic heterocycles. The zero-order valence-corrected chi connectivity index (χ0v) is 18.0. The highest BCUT2D eigenvalue weighted by atomic mass is 35.5. The third kappa shape index (κ3) is 3.74. The van der Waals surface area contributed by atoms with Crippen molar-refractivity contribution in [3.63, 3.8) is 0 Å². The Balaban J connectivity index is 1.98. The molecule has 0 saturated heterocycles. The molecule has 4 aromatic rings. The van der Waals surface area contributed by atoms with Crippen molar-refractivity contribution in [3.05, 3.63) is 86.7 Å². The predicted octanol–water partition coefficient (Wildman–Crippen LogP) is 4.51. The van der Waals surface area contributed by atoms with Crippen molar-refractivity contribution in [1.82, 2.24) is 14.5 Å². The quantitative estimate of drug-likeness (QED) is 0.475.